The van der Waals surface area contributed by atoms with Crippen LogP contribution in [0.3, 0.4) is 0 Å². The molecule has 1 heterocycles. The highest BCUT2D eigenvalue weighted by Crippen LogP contribution is 2.20. The number of hydrogen-bond acceptors (Lipinski definition) is 4. The van der Waals surface area contributed by atoms with Gasteiger partial charge in [-0.3, -0.25) is 9.59 Å². The second-order valence-corrected chi connectivity index (χ2v) is 9.31. The Morgan fingerprint density at radius 1 is 0.941 bits per heavy atom. The summed E-state index contributed by atoms with van der Waals surface area (Å²) >= 11 is 1.59. The van der Waals surface area contributed by atoms with Gasteiger partial charge in [0.15, 0.2) is 0 Å². The predicted octanol–water partition coefficient (Wildman–Crippen LogP) is 5.04. The van der Waals surface area contributed by atoms with Crippen LogP contribution in [0, 0.1) is 18.6 Å². The lowest BCUT2D eigenvalue weighted by Crippen LogP contribution is -2.43. The Morgan fingerprint density at radius 2 is 1.68 bits per heavy atom. The number of carbonyl (C=O) groups excluding carboxylic acids is 2. The van der Waals surface area contributed by atoms with Crippen molar-refractivity contribution in [2.24, 2.45) is 0 Å². The van der Waals surface area contributed by atoms with Gasteiger partial charge >= 0.3 is 0 Å². The van der Waals surface area contributed by atoms with E-state index in [9.17, 15) is 18.4 Å². The van der Waals surface area contributed by atoms with Crippen molar-refractivity contribution in [3.05, 3.63) is 93.2 Å². The molecule has 0 atom stereocenters. The highest BCUT2D eigenvalue weighted by Gasteiger charge is 2.24. The Bertz CT molecular complexity index is 1100. The average molecular weight is 487 g/mol. The van der Waals surface area contributed by atoms with E-state index in [-0.39, 0.29) is 36.9 Å². The van der Waals surface area contributed by atoms with Gasteiger partial charge in [0.25, 0.3) is 5.91 Å². The minimum absolute atomic E-state index is 0.0771. The maximum atomic E-state index is 14.3. The van der Waals surface area contributed by atoms with Crippen molar-refractivity contribution in [1.29, 1.82) is 0 Å². The molecule has 0 saturated heterocycles. The van der Waals surface area contributed by atoms with Crippen LogP contribution in [0.1, 0.15) is 32.1 Å². The third kappa shape index (κ3) is 7.20. The topological polar surface area (TPSA) is 49.9 Å². The van der Waals surface area contributed by atoms with Crippen LogP contribution < -0.4 is 0 Å². The largest absolute Gasteiger partial charge is 0.385 e. The van der Waals surface area contributed by atoms with Crippen molar-refractivity contribution >= 4 is 23.2 Å². The summed E-state index contributed by atoms with van der Waals surface area (Å²) in [6.07, 6.45) is 0.506. The first-order valence-electron chi connectivity index (χ1n) is 11.0. The van der Waals surface area contributed by atoms with E-state index in [1.54, 1.807) is 41.5 Å². The zero-order valence-corrected chi connectivity index (χ0v) is 20.1. The maximum absolute atomic E-state index is 14.3. The molecule has 2 aromatic carbocycles. The molecule has 5 nitrogen and oxygen atoms in total. The van der Waals surface area contributed by atoms with E-state index in [0.717, 1.165) is 15.3 Å². The van der Waals surface area contributed by atoms with Gasteiger partial charge in [-0.2, -0.15) is 0 Å². The van der Waals surface area contributed by atoms with Gasteiger partial charge in [0.2, 0.25) is 5.91 Å². The molecule has 8 heteroatoms. The Balaban J connectivity index is 1.82. The van der Waals surface area contributed by atoms with Crippen LogP contribution in [0.15, 0.2) is 60.7 Å². The van der Waals surface area contributed by atoms with Gasteiger partial charge in [0, 0.05) is 36.6 Å². The van der Waals surface area contributed by atoms with E-state index in [1.165, 1.54) is 35.2 Å². The van der Waals surface area contributed by atoms with E-state index in [4.69, 9.17) is 4.74 Å². The molecule has 0 bridgehead atoms. The summed E-state index contributed by atoms with van der Waals surface area (Å²) in [5.74, 6) is -1.81. The highest BCUT2D eigenvalue weighted by atomic mass is 32.1. The van der Waals surface area contributed by atoms with Gasteiger partial charge in [-0.1, -0.05) is 24.3 Å². The number of nitrogens with zero attached hydrogens (tertiary/aromatic N) is 2. The van der Waals surface area contributed by atoms with Crippen molar-refractivity contribution in [3.8, 4) is 0 Å². The van der Waals surface area contributed by atoms with E-state index in [1.807, 2.05) is 19.1 Å². The standard InChI is InChI=1S/C26H28F2N2O3S/c1-19-8-13-22(34-19)17-30(16-20-9-11-21(27)12-10-20)25(31)18-29(14-5-15-33-2)26(32)23-6-3-4-7-24(23)28/h3-4,6-13H,5,14-18H2,1-2H3. The number of thiophene rings is 1. The number of rotatable bonds is 11. The lowest BCUT2D eigenvalue weighted by molar-refractivity contribution is -0.133. The Morgan fingerprint density at radius 3 is 2.32 bits per heavy atom. The number of aryl methyl sites for hydroxylation is 1. The molecule has 0 fully saturated rings. The molecule has 0 radical (unpaired) electrons. The van der Waals surface area contributed by atoms with Crippen molar-refractivity contribution in [2.75, 3.05) is 26.8 Å². The van der Waals surface area contributed by atoms with Gasteiger partial charge in [0.1, 0.15) is 18.2 Å². The molecule has 0 aliphatic carbocycles. The van der Waals surface area contributed by atoms with Gasteiger partial charge in [-0.25, -0.2) is 8.78 Å². The normalized spacial score (nSPS) is 10.8. The molecule has 3 rings (SSSR count). The fourth-order valence-electron chi connectivity index (χ4n) is 3.52. The lowest BCUT2D eigenvalue weighted by atomic mass is 10.1. The lowest BCUT2D eigenvalue weighted by Gasteiger charge is -2.28. The molecular formula is C26H28F2N2O3S. The molecule has 0 aliphatic heterocycles. The minimum Gasteiger partial charge on any atom is -0.385 e. The molecule has 0 unspecified atom stereocenters. The summed E-state index contributed by atoms with van der Waals surface area (Å²) in [5, 5.41) is 0. The number of methoxy groups -OCH3 is 1. The third-order valence-corrected chi connectivity index (χ3v) is 6.26. The zero-order chi connectivity index (χ0) is 24.5. The minimum atomic E-state index is -0.631. The molecule has 0 spiro atoms. The molecular weight excluding hydrogens is 458 g/mol. The Hall–Kier alpha value is -3.10. The fraction of sp³-hybridized carbons (Fsp3) is 0.308. The Labute approximate surface area is 202 Å². The summed E-state index contributed by atoms with van der Waals surface area (Å²) in [4.78, 5) is 31.7. The second-order valence-electron chi connectivity index (χ2n) is 7.94. The van der Waals surface area contributed by atoms with E-state index < -0.39 is 11.7 Å². The third-order valence-electron chi connectivity index (χ3n) is 5.28. The number of ether oxygens (including phenoxy) is 1. The number of halogens is 2. The molecule has 0 saturated carbocycles. The quantitative estimate of drug-likeness (QED) is 0.357. The van der Waals surface area contributed by atoms with Crippen LogP contribution in [-0.4, -0.2) is 48.4 Å². The van der Waals surface area contributed by atoms with E-state index >= 15 is 0 Å². The van der Waals surface area contributed by atoms with Crippen molar-refractivity contribution in [3.63, 3.8) is 0 Å². The summed E-state index contributed by atoms with van der Waals surface area (Å²) in [5.41, 5.74) is 0.695. The fourth-order valence-corrected chi connectivity index (χ4v) is 4.43. The summed E-state index contributed by atoms with van der Waals surface area (Å²) < 4.78 is 32.8. The number of carbonyl (C=O) groups is 2. The van der Waals surface area contributed by atoms with Crippen LogP contribution in [0.25, 0.3) is 0 Å². The van der Waals surface area contributed by atoms with Crippen LogP contribution in [-0.2, 0) is 22.6 Å². The monoisotopic (exact) mass is 486 g/mol. The average Bonchev–Trinajstić information content (AvgIpc) is 3.24. The summed E-state index contributed by atoms with van der Waals surface area (Å²) in [6.45, 7) is 3.05. The first-order valence-corrected chi connectivity index (χ1v) is 11.8. The SMILES string of the molecule is COCCCN(CC(=O)N(Cc1ccc(F)cc1)Cc1ccc(C)s1)C(=O)c1ccccc1F. The van der Waals surface area contributed by atoms with Crippen LogP contribution in [0.5, 0.6) is 0 Å². The number of hydrogen-bond donors (Lipinski definition) is 0. The summed E-state index contributed by atoms with van der Waals surface area (Å²) in [6, 6.07) is 15.7. The van der Waals surface area contributed by atoms with Crippen LogP contribution in [0.2, 0.25) is 0 Å². The molecule has 180 valence electrons. The predicted molar refractivity (Wildman–Crippen MR) is 129 cm³/mol. The molecule has 1 aromatic heterocycles. The van der Waals surface area contributed by atoms with Gasteiger partial charge in [-0.15, -0.1) is 11.3 Å². The molecule has 2 amide bonds. The van der Waals surface area contributed by atoms with Crippen LogP contribution in [0.4, 0.5) is 8.78 Å². The molecule has 34 heavy (non-hydrogen) atoms. The molecule has 3 aromatic rings. The zero-order valence-electron chi connectivity index (χ0n) is 19.3. The number of amides is 2. The second kappa shape index (κ2) is 12.4. The van der Waals surface area contributed by atoms with Crippen molar-refractivity contribution in [1.82, 2.24) is 9.80 Å². The first kappa shape index (κ1) is 25.5. The van der Waals surface area contributed by atoms with Crippen molar-refractivity contribution < 1.29 is 23.1 Å². The smallest absolute Gasteiger partial charge is 0.257 e. The highest BCUT2D eigenvalue weighted by molar-refractivity contribution is 7.11. The molecule has 0 N–H and O–H groups in total. The van der Waals surface area contributed by atoms with Gasteiger partial charge in [0.05, 0.1) is 12.1 Å². The molecule has 0 aliphatic rings. The van der Waals surface area contributed by atoms with Gasteiger partial charge in [-0.05, 0) is 55.3 Å². The van der Waals surface area contributed by atoms with E-state index in [0.29, 0.717) is 19.6 Å². The Kier molecular flexibility index (Phi) is 9.30. The van der Waals surface area contributed by atoms with Crippen molar-refractivity contribution in [2.45, 2.75) is 26.4 Å². The van der Waals surface area contributed by atoms with Gasteiger partial charge < -0.3 is 14.5 Å². The van der Waals surface area contributed by atoms with Crippen LogP contribution >= 0.6 is 11.3 Å². The first-order chi connectivity index (χ1) is 16.4. The van der Waals surface area contributed by atoms with E-state index in [2.05, 4.69) is 0 Å². The number of benzene rings is 2. The summed E-state index contributed by atoms with van der Waals surface area (Å²) in [7, 11) is 1.56. The maximum Gasteiger partial charge on any atom is 0.257 e.